The summed E-state index contributed by atoms with van der Waals surface area (Å²) in [5.74, 6) is 0. The predicted octanol–water partition coefficient (Wildman–Crippen LogP) is 1.21. The van der Waals surface area contributed by atoms with Crippen LogP contribution in [0.25, 0.3) is 0 Å². The first kappa shape index (κ1) is 10.6. The van der Waals surface area contributed by atoms with Crippen molar-refractivity contribution in [2.75, 3.05) is 19.8 Å². The van der Waals surface area contributed by atoms with Crippen molar-refractivity contribution in [3.63, 3.8) is 0 Å². The second-order valence-corrected chi connectivity index (χ2v) is 3.98. The molecule has 1 aliphatic heterocycles. The Bertz CT molecular complexity index is 273. The van der Waals surface area contributed by atoms with Gasteiger partial charge in [0.1, 0.15) is 0 Å². The molecule has 2 unspecified atom stereocenters. The summed E-state index contributed by atoms with van der Waals surface area (Å²) in [4.78, 5) is 0. The van der Waals surface area contributed by atoms with Crippen LogP contribution in [-0.4, -0.2) is 35.6 Å². The second-order valence-electron chi connectivity index (χ2n) is 3.98. The predicted molar refractivity (Wildman–Crippen MR) is 58.8 cm³/mol. The van der Waals surface area contributed by atoms with E-state index in [1.807, 2.05) is 23.1 Å². The van der Waals surface area contributed by atoms with E-state index >= 15 is 0 Å². The van der Waals surface area contributed by atoms with E-state index < -0.39 is 0 Å². The third-order valence-electron chi connectivity index (χ3n) is 2.85. The molecule has 0 saturated carbocycles. The third kappa shape index (κ3) is 2.58. The van der Waals surface area contributed by atoms with Crippen LogP contribution < -0.4 is 5.32 Å². The largest absolute Gasteiger partial charge is 0.379 e. The van der Waals surface area contributed by atoms with Gasteiger partial charge in [-0.25, -0.2) is 0 Å². The summed E-state index contributed by atoms with van der Waals surface area (Å²) in [6.45, 7) is 4.89. The van der Waals surface area contributed by atoms with Crippen molar-refractivity contribution in [1.82, 2.24) is 15.1 Å². The first-order valence-corrected chi connectivity index (χ1v) is 5.72. The Balaban J connectivity index is 1.99. The fraction of sp³-hybridized carbons (Fsp3) is 0.727. The highest BCUT2D eigenvalue weighted by molar-refractivity contribution is 4.88. The lowest BCUT2D eigenvalue weighted by molar-refractivity contribution is 0.0327. The number of rotatable bonds is 4. The highest BCUT2D eigenvalue weighted by Crippen LogP contribution is 2.19. The average molecular weight is 209 g/mol. The van der Waals surface area contributed by atoms with Crippen LogP contribution >= 0.6 is 0 Å². The van der Waals surface area contributed by atoms with E-state index in [9.17, 15) is 0 Å². The van der Waals surface area contributed by atoms with Gasteiger partial charge in [-0.05, 0) is 25.5 Å². The van der Waals surface area contributed by atoms with Gasteiger partial charge in [0.25, 0.3) is 0 Å². The van der Waals surface area contributed by atoms with Gasteiger partial charge in [-0.2, -0.15) is 5.10 Å². The van der Waals surface area contributed by atoms with Gasteiger partial charge in [-0.3, -0.25) is 4.68 Å². The van der Waals surface area contributed by atoms with Gasteiger partial charge in [0.15, 0.2) is 0 Å². The molecule has 4 nitrogen and oxygen atoms in total. The van der Waals surface area contributed by atoms with Crippen LogP contribution in [0.5, 0.6) is 0 Å². The van der Waals surface area contributed by atoms with Gasteiger partial charge in [-0.1, -0.05) is 6.92 Å². The minimum atomic E-state index is 0.347. The Hall–Kier alpha value is -0.870. The lowest BCUT2D eigenvalue weighted by Gasteiger charge is -2.32. The Morgan fingerprint density at radius 3 is 3.27 bits per heavy atom. The maximum Gasteiger partial charge on any atom is 0.0905 e. The smallest absolute Gasteiger partial charge is 0.0905 e. The molecule has 0 radical (unpaired) electrons. The fourth-order valence-electron chi connectivity index (χ4n) is 2.03. The van der Waals surface area contributed by atoms with Crippen LogP contribution in [0.1, 0.15) is 25.8 Å². The zero-order valence-corrected chi connectivity index (χ0v) is 9.22. The topological polar surface area (TPSA) is 39.1 Å². The average Bonchev–Trinajstić information content (AvgIpc) is 2.80. The highest BCUT2D eigenvalue weighted by Gasteiger charge is 2.26. The number of aromatic nitrogens is 2. The fourth-order valence-corrected chi connectivity index (χ4v) is 2.03. The molecule has 2 heterocycles. The molecule has 1 aliphatic rings. The van der Waals surface area contributed by atoms with Gasteiger partial charge in [-0.15, -0.1) is 0 Å². The molecule has 0 spiro atoms. The summed E-state index contributed by atoms with van der Waals surface area (Å²) in [7, 11) is 0. The van der Waals surface area contributed by atoms with Gasteiger partial charge in [0, 0.05) is 25.0 Å². The first-order chi connectivity index (χ1) is 7.42. The molecule has 1 saturated heterocycles. The summed E-state index contributed by atoms with van der Waals surface area (Å²) >= 11 is 0. The van der Waals surface area contributed by atoms with Gasteiger partial charge >= 0.3 is 0 Å². The zero-order valence-electron chi connectivity index (χ0n) is 9.22. The van der Waals surface area contributed by atoms with Crippen LogP contribution in [-0.2, 0) is 4.74 Å². The maximum absolute atomic E-state index is 5.52. The van der Waals surface area contributed by atoms with Crippen LogP contribution in [0.3, 0.4) is 0 Å². The quantitative estimate of drug-likeness (QED) is 0.810. The lowest BCUT2D eigenvalue weighted by atomic mass is 10.0. The highest BCUT2D eigenvalue weighted by atomic mass is 16.5. The number of hydrogen-bond donors (Lipinski definition) is 1. The van der Waals surface area contributed by atoms with Crippen LogP contribution in [0.15, 0.2) is 18.5 Å². The first-order valence-electron chi connectivity index (χ1n) is 5.72. The van der Waals surface area contributed by atoms with Crippen molar-refractivity contribution in [2.45, 2.75) is 31.8 Å². The molecule has 84 valence electrons. The van der Waals surface area contributed by atoms with Crippen LogP contribution in [0, 0.1) is 0 Å². The summed E-state index contributed by atoms with van der Waals surface area (Å²) in [5, 5.41) is 7.86. The van der Waals surface area contributed by atoms with Crippen LogP contribution in [0.2, 0.25) is 0 Å². The summed E-state index contributed by atoms with van der Waals surface area (Å²) < 4.78 is 7.52. The summed E-state index contributed by atoms with van der Waals surface area (Å²) in [5.41, 5.74) is 0. The van der Waals surface area contributed by atoms with Crippen molar-refractivity contribution in [2.24, 2.45) is 0 Å². The molecule has 1 N–H and O–H groups in total. The summed E-state index contributed by atoms with van der Waals surface area (Å²) in [6.07, 6.45) is 6.08. The zero-order chi connectivity index (χ0) is 10.5. The van der Waals surface area contributed by atoms with Gasteiger partial charge < -0.3 is 10.1 Å². The Morgan fingerprint density at radius 2 is 2.53 bits per heavy atom. The van der Waals surface area contributed by atoms with Crippen molar-refractivity contribution < 1.29 is 4.74 Å². The monoisotopic (exact) mass is 209 g/mol. The SMILES string of the molecule is CCCNC1CCOCC1n1cccn1. The van der Waals surface area contributed by atoms with Crippen molar-refractivity contribution in [3.8, 4) is 0 Å². The minimum Gasteiger partial charge on any atom is -0.379 e. The number of nitrogens with zero attached hydrogens (tertiary/aromatic N) is 2. The molecule has 15 heavy (non-hydrogen) atoms. The Morgan fingerprint density at radius 1 is 1.60 bits per heavy atom. The molecule has 0 aromatic carbocycles. The molecule has 1 aromatic heterocycles. The molecular formula is C11H19N3O. The van der Waals surface area contributed by atoms with E-state index in [1.54, 1.807) is 0 Å². The third-order valence-corrected chi connectivity index (χ3v) is 2.85. The van der Waals surface area contributed by atoms with Crippen molar-refractivity contribution >= 4 is 0 Å². The van der Waals surface area contributed by atoms with E-state index in [0.29, 0.717) is 12.1 Å². The molecule has 1 fully saturated rings. The lowest BCUT2D eigenvalue weighted by Crippen LogP contribution is -2.44. The number of nitrogens with one attached hydrogen (secondary N) is 1. The molecule has 0 aliphatic carbocycles. The van der Waals surface area contributed by atoms with Crippen LogP contribution in [0.4, 0.5) is 0 Å². The molecule has 0 bridgehead atoms. The van der Waals surface area contributed by atoms with Gasteiger partial charge in [0.05, 0.1) is 12.6 Å². The van der Waals surface area contributed by atoms with E-state index in [4.69, 9.17) is 4.74 Å². The Kier molecular flexibility index (Phi) is 3.75. The molecule has 2 rings (SSSR count). The van der Waals surface area contributed by atoms with Gasteiger partial charge in [0.2, 0.25) is 0 Å². The molecule has 4 heteroatoms. The molecular weight excluding hydrogens is 190 g/mol. The Labute approximate surface area is 90.6 Å². The minimum absolute atomic E-state index is 0.347. The second kappa shape index (κ2) is 5.28. The summed E-state index contributed by atoms with van der Waals surface area (Å²) in [6, 6.07) is 2.81. The molecule has 0 amide bonds. The van der Waals surface area contributed by atoms with Crippen molar-refractivity contribution in [1.29, 1.82) is 0 Å². The van der Waals surface area contributed by atoms with E-state index in [0.717, 1.165) is 26.2 Å². The normalized spacial score (nSPS) is 26.7. The van der Waals surface area contributed by atoms with E-state index in [-0.39, 0.29) is 0 Å². The van der Waals surface area contributed by atoms with E-state index in [2.05, 4.69) is 17.3 Å². The molecule has 2 atom stereocenters. The molecule has 1 aromatic rings. The van der Waals surface area contributed by atoms with Crippen molar-refractivity contribution in [3.05, 3.63) is 18.5 Å². The number of ether oxygens (including phenoxy) is 1. The number of hydrogen-bond acceptors (Lipinski definition) is 3. The maximum atomic E-state index is 5.52. The standard InChI is InChI=1S/C11H19N3O/c1-2-5-12-10-4-8-15-9-11(10)14-7-3-6-13-14/h3,6-7,10-12H,2,4-5,8-9H2,1H3. The van der Waals surface area contributed by atoms with E-state index in [1.165, 1.54) is 6.42 Å².